The number of rotatable bonds is 6. The van der Waals surface area contributed by atoms with Crippen molar-refractivity contribution in [2.75, 3.05) is 13.2 Å². The fourth-order valence-corrected chi connectivity index (χ4v) is 2.45. The van der Waals surface area contributed by atoms with Gasteiger partial charge in [-0.05, 0) is 18.9 Å². The molecule has 4 nitrogen and oxygen atoms in total. The molecule has 1 heterocycles. The number of aromatic nitrogens is 1. The second-order valence-electron chi connectivity index (χ2n) is 4.51. The summed E-state index contributed by atoms with van der Waals surface area (Å²) in [5.41, 5.74) is 3.28. The summed E-state index contributed by atoms with van der Waals surface area (Å²) in [6.07, 6.45) is 1.89. The molecule has 0 aliphatic rings. The highest BCUT2D eigenvalue weighted by atomic mass is 32.1. The molecule has 0 fully saturated rings. The van der Waals surface area contributed by atoms with Crippen molar-refractivity contribution in [2.24, 2.45) is 0 Å². The van der Waals surface area contributed by atoms with E-state index >= 15 is 0 Å². The molecular weight excluding hydrogens is 284 g/mol. The van der Waals surface area contributed by atoms with Gasteiger partial charge in [0.1, 0.15) is 6.61 Å². The largest absolute Gasteiger partial charge is 0.445 e. The highest BCUT2D eigenvalue weighted by Crippen LogP contribution is 2.21. The summed E-state index contributed by atoms with van der Waals surface area (Å²) in [6.45, 7) is 6.26. The van der Waals surface area contributed by atoms with E-state index in [1.165, 1.54) is 0 Å². The summed E-state index contributed by atoms with van der Waals surface area (Å²) in [6, 6.07) is 8.22. The molecule has 5 heteroatoms. The van der Waals surface area contributed by atoms with Crippen LogP contribution in [0.1, 0.15) is 10.6 Å². The van der Waals surface area contributed by atoms with Crippen LogP contribution in [-0.4, -0.2) is 24.2 Å². The zero-order valence-corrected chi connectivity index (χ0v) is 12.8. The summed E-state index contributed by atoms with van der Waals surface area (Å²) in [5, 5.41) is 5.82. The van der Waals surface area contributed by atoms with Crippen molar-refractivity contribution in [2.45, 2.75) is 13.3 Å². The lowest BCUT2D eigenvalue weighted by Gasteiger charge is -2.06. The Hall–Kier alpha value is -2.14. The third kappa shape index (κ3) is 4.72. The number of carbonyl (C=O) groups is 1. The van der Waals surface area contributed by atoms with Crippen LogP contribution in [0.25, 0.3) is 11.3 Å². The number of hydrogen-bond acceptors (Lipinski definition) is 4. The van der Waals surface area contributed by atoms with Crippen molar-refractivity contribution >= 4 is 17.4 Å². The average Bonchev–Trinajstić information content (AvgIpc) is 2.92. The van der Waals surface area contributed by atoms with Gasteiger partial charge in [-0.2, -0.15) is 0 Å². The fraction of sp³-hybridized carbons (Fsp3) is 0.250. The molecule has 1 aromatic heterocycles. The lowest BCUT2D eigenvalue weighted by Crippen LogP contribution is -2.26. The molecule has 2 aromatic rings. The van der Waals surface area contributed by atoms with Gasteiger partial charge in [-0.15, -0.1) is 11.3 Å². The normalized spacial score (nSPS) is 10.1. The molecule has 0 atom stereocenters. The summed E-state index contributed by atoms with van der Waals surface area (Å²) < 4.78 is 4.83. The smallest absolute Gasteiger partial charge is 0.407 e. The predicted octanol–water partition coefficient (Wildman–Crippen LogP) is 3.57. The Labute approximate surface area is 128 Å². The van der Waals surface area contributed by atoms with Crippen molar-refractivity contribution in [3.63, 3.8) is 0 Å². The number of thiazole rings is 1. The van der Waals surface area contributed by atoms with Crippen LogP contribution >= 0.6 is 11.3 Å². The predicted molar refractivity (Wildman–Crippen MR) is 85.5 cm³/mol. The molecule has 0 unspecified atom stereocenters. The minimum absolute atomic E-state index is 0.230. The van der Waals surface area contributed by atoms with Crippen LogP contribution in [0.3, 0.4) is 0 Å². The number of nitrogens with zero attached hydrogens (tertiary/aromatic N) is 1. The number of ether oxygens (including phenoxy) is 1. The van der Waals surface area contributed by atoms with Crippen LogP contribution in [0, 0.1) is 6.92 Å². The second-order valence-corrected chi connectivity index (χ2v) is 5.57. The van der Waals surface area contributed by atoms with E-state index in [0.29, 0.717) is 6.54 Å². The second kappa shape index (κ2) is 7.59. The van der Waals surface area contributed by atoms with Gasteiger partial charge in [0, 0.05) is 17.5 Å². The van der Waals surface area contributed by atoms with Gasteiger partial charge in [-0.1, -0.05) is 36.9 Å². The number of alkyl carbamates (subject to hydrolysis) is 1. The van der Waals surface area contributed by atoms with Crippen molar-refractivity contribution in [1.82, 2.24) is 10.3 Å². The minimum Gasteiger partial charge on any atom is -0.445 e. The Morgan fingerprint density at radius 1 is 1.43 bits per heavy atom. The molecule has 0 saturated heterocycles. The summed E-state index contributed by atoms with van der Waals surface area (Å²) >= 11 is 1.65. The van der Waals surface area contributed by atoms with Crippen LogP contribution in [0.5, 0.6) is 0 Å². The first-order chi connectivity index (χ1) is 10.2. The molecule has 1 N–H and O–H groups in total. The molecule has 1 aromatic carbocycles. The highest BCUT2D eigenvalue weighted by molar-refractivity contribution is 7.09. The zero-order valence-electron chi connectivity index (χ0n) is 12.0. The Balaban J connectivity index is 1.82. The Morgan fingerprint density at radius 2 is 2.19 bits per heavy atom. The minimum atomic E-state index is -0.413. The number of amides is 1. The maximum atomic E-state index is 11.2. The number of benzene rings is 1. The third-order valence-corrected chi connectivity index (χ3v) is 3.66. The molecule has 110 valence electrons. The summed E-state index contributed by atoms with van der Waals surface area (Å²) in [7, 11) is 0. The van der Waals surface area contributed by atoms with E-state index in [-0.39, 0.29) is 6.61 Å². The third-order valence-electron chi connectivity index (χ3n) is 2.88. The summed E-state index contributed by atoms with van der Waals surface area (Å²) in [5.74, 6) is 0. The fourth-order valence-electron chi connectivity index (χ4n) is 1.83. The van der Waals surface area contributed by atoms with E-state index in [0.717, 1.165) is 28.2 Å². The topological polar surface area (TPSA) is 51.2 Å². The number of hydrogen-bond donors (Lipinski definition) is 1. The molecule has 2 rings (SSSR count). The van der Waals surface area contributed by atoms with E-state index in [2.05, 4.69) is 46.5 Å². The van der Waals surface area contributed by atoms with Crippen LogP contribution in [-0.2, 0) is 11.2 Å². The highest BCUT2D eigenvalue weighted by Gasteiger charge is 2.03. The lowest BCUT2D eigenvalue weighted by atomic mass is 10.1. The molecule has 0 aliphatic carbocycles. The van der Waals surface area contributed by atoms with Gasteiger partial charge in [0.05, 0.1) is 10.7 Å². The van der Waals surface area contributed by atoms with Crippen LogP contribution < -0.4 is 5.32 Å². The number of carbonyl (C=O) groups excluding carboxylic acids is 1. The quantitative estimate of drug-likeness (QED) is 0.830. The Morgan fingerprint density at radius 3 is 2.81 bits per heavy atom. The lowest BCUT2D eigenvalue weighted by molar-refractivity contribution is 0.158. The van der Waals surface area contributed by atoms with Crippen molar-refractivity contribution in [1.29, 1.82) is 0 Å². The van der Waals surface area contributed by atoms with E-state index in [1.807, 2.05) is 6.92 Å². The first kappa shape index (κ1) is 15.3. The van der Waals surface area contributed by atoms with Crippen molar-refractivity contribution < 1.29 is 9.53 Å². The first-order valence-corrected chi connectivity index (χ1v) is 7.60. The van der Waals surface area contributed by atoms with E-state index in [4.69, 9.17) is 4.74 Å². The van der Waals surface area contributed by atoms with Gasteiger partial charge in [0.2, 0.25) is 0 Å². The van der Waals surface area contributed by atoms with Gasteiger partial charge < -0.3 is 10.1 Å². The molecule has 21 heavy (non-hydrogen) atoms. The molecule has 0 spiro atoms. The SMILES string of the molecule is C=CCOC(=O)NCCc1ccc(-c2csc(C)n2)cc1. The Bertz CT molecular complexity index is 605. The zero-order chi connectivity index (χ0) is 15.1. The van der Waals surface area contributed by atoms with Crippen LogP contribution in [0.2, 0.25) is 0 Å². The van der Waals surface area contributed by atoms with E-state index in [9.17, 15) is 4.79 Å². The number of nitrogens with one attached hydrogen (secondary N) is 1. The number of aryl methyl sites for hydroxylation is 1. The van der Waals surface area contributed by atoms with Crippen LogP contribution in [0.15, 0.2) is 42.3 Å². The van der Waals surface area contributed by atoms with E-state index < -0.39 is 6.09 Å². The molecule has 0 bridgehead atoms. The molecule has 0 aliphatic heterocycles. The van der Waals surface area contributed by atoms with Crippen molar-refractivity contribution in [3.05, 3.63) is 52.9 Å². The Kier molecular flexibility index (Phi) is 5.51. The maximum absolute atomic E-state index is 11.2. The average molecular weight is 302 g/mol. The monoisotopic (exact) mass is 302 g/mol. The maximum Gasteiger partial charge on any atom is 0.407 e. The first-order valence-electron chi connectivity index (χ1n) is 6.72. The van der Waals surface area contributed by atoms with Gasteiger partial charge in [0.15, 0.2) is 0 Å². The molecule has 0 saturated carbocycles. The van der Waals surface area contributed by atoms with Gasteiger partial charge in [-0.25, -0.2) is 9.78 Å². The van der Waals surface area contributed by atoms with Gasteiger partial charge in [0.25, 0.3) is 0 Å². The standard InChI is InChI=1S/C16H18N2O2S/c1-3-10-20-16(19)17-9-8-13-4-6-14(7-5-13)15-11-21-12(2)18-15/h3-7,11H,1,8-10H2,2H3,(H,17,19). The van der Waals surface area contributed by atoms with Gasteiger partial charge >= 0.3 is 6.09 Å². The molecule has 1 amide bonds. The van der Waals surface area contributed by atoms with E-state index in [1.54, 1.807) is 17.4 Å². The van der Waals surface area contributed by atoms with Gasteiger partial charge in [-0.3, -0.25) is 0 Å². The molecule has 0 radical (unpaired) electrons. The molecular formula is C16H18N2O2S. The van der Waals surface area contributed by atoms with Crippen LogP contribution in [0.4, 0.5) is 4.79 Å². The summed E-state index contributed by atoms with van der Waals surface area (Å²) in [4.78, 5) is 15.7. The van der Waals surface area contributed by atoms with Crippen molar-refractivity contribution in [3.8, 4) is 11.3 Å².